The molecule has 128 valence electrons. The third kappa shape index (κ3) is 4.14. The predicted molar refractivity (Wildman–Crippen MR) is 106 cm³/mol. The first-order valence-corrected chi connectivity index (χ1v) is 9.37. The highest BCUT2D eigenvalue weighted by Gasteiger charge is 2.34. The van der Waals surface area contributed by atoms with E-state index in [0.29, 0.717) is 4.91 Å². The summed E-state index contributed by atoms with van der Waals surface area (Å²) in [6, 6.07) is 13.6. The Morgan fingerprint density at radius 3 is 2.68 bits per heavy atom. The molecular formula is C19H17BrN2O2S. The number of halogens is 1. The van der Waals surface area contributed by atoms with Crippen molar-refractivity contribution in [1.82, 2.24) is 4.90 Å². The molecule has 2 aromatic rings. The summed E-state index contributed by atoms with van der Waals surface area (Å²) in [5.74, 6) is -0.271. The van der Waals surface area contributed by atoms with Gasteiger partial charge in [0, 0.05) is 10.2 Å². The molecule has 2 amide bonds. The lowest BCUT2D eigenvalue weighted by Gasteiger charge is -2.16. The molecule has 0 saturated carbocycles. The van der Waals surface area contributed by atoms with Gasteiger partial charge in [-0.3, -0.25) is 14.5 Å². The summed E-state index contributed by atoms with van der Waals surface area (Å²) in [5.41, 5.74) is 4.05. The summed E-state index contributed by atoms with van der Waals surface area (Å²) in [4.78, 5) is 26.4. The molecule has 1 fully saturated rings. The molecule has 6 heteroatoms. The van der Waals surface area contributed by atoms with Crippen molar-refractivity contribution in [3.63, 3.8) is 0 Å². The number of imide groups is 1. The molecule has 1 saturated heterocycles. The maximum absolute atomic E-state index is 12.5. The first-order valence-electron chi connectivity index (χ1n) is 7.76. The van der Waals surface area contributed by atoms with Gasteiger partial charge < -0.3 is 5.32 Å². The number of carbonyl (C=O) groups excluding carboxylic acids is 2. The number of carbonyl (C=O) groups is 2. The number of benzene rings is 2. The monoisotopic (exact) mass is 416 g/mol. The molecular weight excluding hydrogens is 400 g/mol. The molecule has 1 N–H and O–H groups in total. The highest BCUT2D eigenvalue weighted by molar-refractivity contribution is 9.10. The van der Waals surface area contributed by atoms with E-state index in [1.165, 1.54) is 10.5 Å². The van der Waals surface area contributed by atoms with Gasteiger partial charge in [-0.05, 0) is 61.0 Å². The van der Waals surface area contributed by atoms with Crippen LogP contribution in [-0.4, -0.2) is 22.7 Å². The zero-order valence-corrected chi connectivity index (χ0v) is 16.3. The third-order valence-electron chi connectivity index (χ3n) is 3.83. The summed E-state index contributed by atoms with van der Waals surface area (Å²) in [7, 11) is 0. The van der Waals surface area contributed by atoms with Crippen LogP contribution in [0.2, 0.25) is 0 Å². The minimum atomic E-state index is -0.271. The first-order chi connectivity index (χ1) is 11.9. The van der Waals surface area contributed by atoms with Crippen molar-refractivity contribution in [1.29, 1.82) is 0 Å². The molecule has 0 spiro atoms. The van der Waals surface area contributed by atoms with Crippen molar-refractivity contribution < 1.29 is 9.59 Å². The fourth-order valence-electron chi connectivity index (χ4n) is 2.56. The average Bonchev–Trinajstić information content (AvgIpc) is 2.81. The number of aryl methyl sites for hydroxylation is 2. The van der Waals surface area contributed by atoms with Crippen LogP contribution in [0, 0.1) is 13.8 Å². The normalized spacial score (nSPS) is 16.0. The number of nitrogens with zero attached hydrogens (tertiary/aromatic N) is 1. The van der Waals surface area contributed by atoms with Crippen LogP contribution in [0.3, 0.4) is 0 Å². The van der Waals surface area contributed by atoms with Crippen LogP contribution in [0.25, 0.3) is 6.08 Å². The lowest BCUT2D eigenvalue weighted by Crippen LogP contribution is -2.33. The van der Waals surface area contributed by atoms with Gasteiger partial charge in [0.1, 0.15) is 0 Å². The van der Waals surface area contributed by atoms with Crippen LogP contribution in [0.5, 0.6) is 0 Å². The van der Waals surface area contributed by atoms with Crippen LogP contribution >= 0.6 is 27.7 Å². The van der Waals surface area contributed by atoms with E-state index in [1.807, 2.05) is 50.2 Å². The van der Waals surface area contributed by atoms with Crippen LogP contribution in [0.4, 0.5) is 10.5 Å². The SMILES string of the molecule is Cc1ccc(NCN2C(=O)S/C(=C\c3cccc(Br)c3)C2=O)c(C)c1. The largest absolute Gasteiger partial charge is 0.367 e. The Morgan fingerprint density at radius 2 is 1.96 bits per heavy atom. The van der Waals surface area contributed by atoms with Crippen molar-refractivity contribution >= 4 is 50.6 Å². The first kappa shape index (κ1) is 17.8. The molecule has 0 bridgehead atoms. The van der Waals surface area contributed by atoms with E-state index in [1.54, 1.807) is 6.08 Å². The topological polar surface area (TPSA) is 49.4 Å². The van der Waals surface area contributed by atoms with Crippen LogP contribution < -0.4 is 5.32 Å². The molecule has 3 rings (SSSR count). The van der Waals surface area contributed by atoms with Crippen molar-refractivity contribution in [3.8, 4) is 0 Å². The number of anilines is 1. The zero-order valence-electron chi connectivity index (χ0n) is 13.9. The molecule has 25 heavy (non-hydrogen) atoms. The maximum atomic E-state index is 12.5. The maximum Gasteiger partial charge on any atom is 0.295 e. The van der Waals surface area contributed by atoms with Crippen LogP contribution in [-0.2, 0) is 4.79 Å². The van der Waals surface area contributed by atoms with E-state index in [4.69, 9.17) is 0 Å². The molecule has 2 aromatic carbocycles. The second-order valence-corrected chi connectivity index (χ2v) is 7.73. The number of amides is 2. The molecule has 4 nitrogen and oxygen atoms in total. The van der Waals surface area contributed by atoms with Gasteiger partial charge in [0.25, 0.3) is 11.1 Å². The van der Waals surface area contributed by atoms with Gasteiger partial charge in [0.05, 0.1) is 11.6 Å². The van der Waals surface area contributed by atoms with E-state index in [-0.39, 0.29) is 17.8 Å². The minimum Gasteiger partial charge on any atom is -0.367 e. The van der Waals surface area contributed by atoms with E-state index in [0.717, 1.165) is 33.0 Å². The zero-order chi connectivity index (χ0) is 18.0. The lowest BCUT2D eigenvalue weighted by atomic mass is 10.1. The highest BCUT2D eigenvalue weighted by atomic mass is 79.9. The average molecular weight is 417 g/mol. The molecule has 0 aliphatic carbocycles. The van der Waals surface area contributed by atoms with Crippen LogP contribution in [0.1, 0.15) is 16.7 Å². The summed E-state index contributed by atoms with van der Waals surface area (Å²) < 4.78 is 0.928. The van der Waals surface area contributed by atoms with Gasteiger partial charge in [-0.25, -0.2) is 0 Å². The quantitative estimate of drug-likeness (QED) is 0.698. The number of rotatable bonds is 4. The Morgan fingerprint density at radius 1 is 1.16 bits per heavy atom. The molecule has 0 radical (unpaired) electrons. The van der Waals surface area contributed by atoms with Gasteiger partial charge in [0.15, 0.2) is 0 Å². The Kier molecular flexibility index (Phi) is 5.30. The molecule has 1 heterocycles. The van der Waals surface area contributed by atoms with Crippen LogP contribution in [0.15, 0.2) is 51.8 Å². The molecule has 0 unspecified atom stereocenters. The Balaban J connectivity index is 1.73. The van der Waals surface area contributed by atoms with Gasteiger partial charge in [-0.2, -0.15) is 0 Å². The van der Waals surface area contributed by atoms with E-state index < -0.39 is 0 Å². The minimum absolute atomic E-state index is 0.157. The summed E-state index contributed by atoms with van der Waals surface area (Å²) in [6.07, 6.45) is 1.74. The van der Waals surface area contributed by atoms with Gasteiger partial charge in [0.2, 0.25) is 0 Å². The van der Waals surface area contributed by atoms with Crippen molar-refractivity contribution in [2.45, 2.75) is 13.8 Å². The van der Waals surface area contributed by atoms with Crippen molar-refractivity contribution in [2.24, 2.45) is 0 Å². The van der Waals surface area contributed by atoms with Crippen molar-refractivity contribution in [2.75, 3.05) is 12.0 Å². The molecule has 0 atom stereocenters. The smallest absolute Gasteiger partial charge is 0.295 e. The molecule has 1 aliphatic heterocycles. The number of nitrogens with one attached hydrogen (secondary N) is 1. The number of hydrogen-bond donors (Lipinski definition) is 1. The van der Waals surface area contributed by atoms with E-state index >= 15 is 0 Å². The number of thioether (sulfide) groups is 1. The Hall–Kier alpha value is -2.05. The standard InChI is InChI=1S/C19H17BrN2O2S/c1-12-6-7-16(13(2)8-12)21-11-22-18(23)17(25-19(22)24)10-14-4-3-5-15(20)9-14/h3-10,21H,11H2,1-2H3/b17-10-. The van der Waals surface area contributed by atoms with E-state index in [9.17, 15) is 9.59 Å². The predicted octanol–water partition coefficient (Wildman–Crippen LogP) is 5.17. The molecule has 0 aromatic heterocycles. The number of hydrogen-bond acceptors (Lipinski definition) is 4. The Bertz CT molecular complexity index is 879. The summed E-state index contributed by atoms with van der Waals surface area (Å²) in [6.45, 7) is 4.18. The van der Waals surface area contributed by atoms with Crippen molar-refractivity contribution in [3.05, 3.63) is 68.5 Å². The summed E-state index contributed by atoms with van der Waals surface area (Å²) in [5, 5.41) is 2.91. The fourth-order valence-corrected chi connectivity index (χ4v) is 3.82. The van der Waals surface area contributed by atoms with Gasteiger partial charge in [-0.15, -0.1) is 0 Å². The highest BCUT2D eigenvalue weighted by Crippen LogP contribution is 2.32. The second-order valence-electron chi connectivity index (χ2n) is 5.82. The van der Waals surface area contributed by atoms with Gasteiger partial charge in [-0.1, -0.05) is 45.8 Å². The lowest BCUT2D eigenvalue weighted by molar-refractivity contribution is -0.122. The van der Waals surface area contributed by atoms with E-state index in [2.05, 4.69) is 27.3 Å². The fraction of sp³-hybridized carbons (Fsp3) is 0.158. The second kappa shape index (κ2) is 7.45. The Labute approximate surface area is 159 Å². The summed E-state index contributed by atoms with van der Waals surface area (Å²) >= 11 is 4.37. The molecule has 1 aliphatic rings. The van der Waals surface area contributed by atoms with Gasteiger partial charge >= 0.3 is 0 Å². The third-order valence-corrected chi connectivity index (χ3v) is 5.23.